The van der Waals surface area contributed by atoms with Crippen LogP contribution in [0, 0.1) is 13.8 Å². The molecule has 0 bridgehead atoms. The lowest BCUT2D eigenvalue weighted by Gasteiger charge is -2.20. The number of methoxy groups -OCH3 is 3. The third-order valence-corrected chi connectivity index (χ3v) is 7.82. The normalized spacial score (nSPS) is 14.4. The molecule has 38 heavy (non-hydrogen) atoms. The second kappa shape index (κ2) is 11.2. The maximum absolute atomic E-state index is 5.43. The first-order valence-corrected chi connectivity index (χ1v) is 13.2. The minimum absolute atomic E-state index is 0.314. The maximum atomic E-state index is 5.43. The molecule has 0 aromatic heterocycles. The Morgan fingerprint density at radius 2 is 0.974 bits per heavy atom. The third kappa shape index (κ3) is 5.19. The van der Waals surface area contributed by atoms with E-state index in [0.29, 0.717) is 5.92 Å². The Balaban J connectivity index is 1.63. The van der Waals surface area contributed by atoms with Crippen LogP contribution < -0.4 is 14.2 Å². The summed E-state index contributed by atoms with van der Waals surface area (Å²) >= 11 is 0. The molecule has 3 nitrogen and oxygen atoms in total. The largest absolute Gasteiger partial charge is 0.497 e. The zero-order chi connectivity index (χ0) is 26.6. The van der Waals surface area contributed by atoms with Crippen LogP contribution >= 0.6 is 0 Å². The highest BCUT2D eigenvalue weighted by molar-refractivity contribution is 5.83. The molecule has 194 valence electrons. The van der Waals surface area contributed by atoms with Crippen molar-refractivity contribution in [2.45, 2.75) is 39.0 Å². The van der Waals surface area contributed by atoms with E-state index in [9.17, 15) is 0 Å². The van der Waals surface area contributed by atoms with Crippen LogP contribution in [0.4, 0.5) is 0 Å². The molecule has 1 aliphatic carbocycles. The van der Waals surface area contributed by atoms with E-state index in [-0.39, 0.29) is 0 Å². The van der Waals surface area contributed by atoms with Gasteiger partial charge in [0.1, 0.15) is 17.2 Å². The van der Waals surface area contributed by atoms with Gasteiger partial charge in [-0.1, -0.05) is 54.1 Å². The van der Waals surface area contributed by atoms with Crippen LogP contribution in [-0.2, 0) is 19.3 Å². The molecule has 0 amide bonds. The van der Waals surface area contributed by atoms with Crippen molar-refractivity contribution < 1.29 is 14.2 Å². The van der Waals surface area contributed by atoms with Crippen molar-refractivity contribution >= 4 is 5.57 Å². The lowest BCUT2D eigenvalue weighted by atomic mass is 9.84. The number of fused-ring (bicyclic) bond motifs is 1. The van der Waals surface area contributed by atoms with Crippen molar-refractivity contribution in [1.82, 2.24) is 0 Å². The molecular weight excluding hydrogens is 468 g/mol. The van der Waals surface area contributed by atoms with Gasteiger partial charge in [0, 0.05) is 5.92 Å². The molecule has 0 spiro atoms. The number of hydrogen-bond acceptors (Lipinski definition) is 3. The molecule has 4 aromatic rings. The topological polar surface area (TPSA) is 27.7 Å². The van der Waals surface area contributed by atoms with E-state index in [1.54, 1.807) is 21.3 Å². The van der Waals surface area contributed by atoms with Crippen molar-refractivity contribution in [2.75, 3.05) is 21.3 Å². The van der Waals surface area contributed by atoms with Crippen molar-refractivity contribution in [3.8, 4) is 17.2 Å². The number of benzene rings is 4. The van der Waals surface area contributed by atoms with Crippen LogP contribution in [0.15, 0.2) is 90.5 Å². The van der Waals surface area contributed by atoms with Crippen LogP contribution in [0.2, 0.25) is 0 Å². The Labute approximate surface area is 226 Å². The molecule has 3 heteroatoms. The summed E-state index contributed by atoms with van der Waals surface area (Å²) in [7, 11) is 5.15. The predicted molar refractivity (Wildman–Crippen MR) is 156 cm³/mol. The number of allylic oxidation sites excluding steroid dienone is 2. The van der Waals surface area contributed by atoms with E-state index in [1.807, 2.05) is 0 Å². The molecule has 0 N–H and O–H groups in total. The fourth-order valence-corrected chi connectivity index (χ4v) is 5.79. The summed E-state index contributed by atoms with van der Waals surface area (Å²) in [4.78, 5) is 0. The molecule has 0 saturated carbocycles. The van der Waals surface area contributed by atoms with Gasteiger partial charge in [-0.2, -0.15) is 0 Å². The Morgan fingerprint density at radius 3 is 1.47 bits per heavy atom. The average molecular weight is 505 g/mol. The van der Waals surface area contributed by atoms with E-state index in [2.05, 4.69) is 98.8 Å². The third-order valence-electron chi connectivity index (χ3n) is 7.82. The van der Waals surface area contributed by atoms with Gasteiger partial charge in [0.25, 0.3) is 0 Å². The van der Waals surface area contributed by atoms with Crippen molar-refractivity contribution in [2.24, 2.45) is 0 Å². The fourth-order valence-electron chi connectivity index (χ4n) is 5.79. The second-order valence-electron chi connectivity index (χ2n) is 10.1. The van der Waals surface area contributed by atoms with Crippen molar-refractivity contribution in [1.29, 1.82) is 0 Å². The van der Waals surface area contributed by atoms with E-state index in [1.165, 1.54) is 50.1 Å². The van der Waals surface area contributed by atoms with E-state index in [4.69, 9.17) is 14.2 Å². The van der Waals surface area contributed by atoms with Crippen LogP contribution in [0.1, 0.15) is 44.9 Å². The molecule has 5 rings (SSSR count). The van der Waals surface area contributed by atoms with Gasteiger partial charge in [-0.25, -0.2) is 0 Å². The highest BCUT2D eigenvalue weighted by atomic mass is 16.5. The highest BCUT2D eigenvalue weighted by Gasteiger charge is 2.33. The Kier molecular flexibility index (Phi) is 7.55. The summed E-state index contributed by atoms with van der Waals surface area (Å²) in [5.41, 5.74) is 12.5. The first-order valence-electron chi connectivity index (χ1n) is 13.2. The SMILES string of the molecule is COc1ccc(CC2=C(Cc3ccc(OC)cc3)C(Cc3ccc(OC)cc3)c3c(C)ccc(C)c32)cc1. The number of ether oxygens (including phenoxy) is 3. The van der Waals surface area contributed by atoms with Gasteiger partial charge >= 0.3 is 0 Å². The van der Waals surface area contributed by atoms with Crippen LogP contribution in [-0.4, -0.2) is 21.3 Å². The van der Waals surface area contributed by atoms with Crippen LogP contribution in [0.3, 0.4) is 0 Å². The number of rotatable bonds is 9. The summed E-state index contributed by atoms with van der Waals surface area (Å²) in [5.74, 6) is 2.98. The first kappa shape index (κ1) is 25.7. The van der Waals surface area contributed by atoms with Gasteiger partial charge in [0.15, 0.2) is 0 Å². The summed E-state index contributed by atoms with van der Waals surface area (Å²) in [6, 6.07) is 30.2. The molecule has 0 aliphatic heterocycles. The van der Waals surface area contributed by atoms with Crippen molar-refractivity contribution in [3.63, 3.8) is 0 Å². The number of hydrogen-bond donors (Lipinski definition) is 0. The molecule has 0 heterocycles. The fraction of sp³-hybridized carbons (Fsp3) is 0.257. The van der Waals surface area contributed by atoms with Gasteiger partial charge in [0.2, 0.25) is 0 Å². The summed E-state index contributed by atoms with van der Waals surface area (Å²) < 4.78 is 16.3. The smallest absolute Gasteiger partial charge is 0.118 e. The highest BCUT2D eigenvalue weighted by Crippen LogP contribution is 2.49. The Bertz CT molecular complexity index is 1430. The summed E-state index contributed by atoms with van der Waals surface area (Å²) in [6.07, 6.45) is 2.76. The minimum atomic E-state index is 0.314. The Hall–Kier alpha value is -3.98. The van der Waals surface area contributed by atoms with Gasteiger partial charge in [-0.05, 0) is 114 Å². The molecule has 0 radical (unpaired) electrons. The van der Waals surface area contributed by atoms with Gasteiger partial charge in [-0.15, -0.1) is 0 Å². The zero-order valence-corrected chi connectivity index (χ0v) is 23.0. The average Bonchev–Trinajstić information content (AvgIpc) is 3.25. The van der Waals surface area contributed by atoms with Crippen LogP contribution in [0.5, 0.6) is 17.2 Å². The quantitative estimate of drug-likeness (QED) is 0.232. The molecule has 0 fully saturated rings. The summed E-state index contributed by atoms with van der Waals surface area (Å²) in [6.45, 7) is 4.52. The molecule has 1 atom stereocenters. The second-order valence-corrected chi connectivity index (χ2v) is 10.1. The van der Waals surface area contributed by atoms with Gasteiger partial charge in [0.05, 0.1) is 21.3 Å². The van der Waals surface area contributed by atoms with Gasteiger partial charge < -0.3 is 14.2 Å². The zero-order valence-electron chi connectivity index (χ0n) is 23.0. The van der Waals surface area contributed by atoms with E-state index < -0.39 is 0 Å². The molecule has 1 unspecified atom stereocenters. The monoisotopic (exact) mass is 504 g/mol. The number of aryl methyl sites for hydroxylation is 2. The predicted octanol–water partition coefficient (Wildman–Crippen LogP) is 7.91. The standard InChI is InChI=1S/C35H36O3/c1-23-6-7-24(2)35-33(22-27-12-18-30(38-5)19-13-27)31(20-25-8-14-28(36-3)15-9-25)32(34(23)35)21-26-10-16-29(37-4)17-11-26/h6-19,32H,20-22H2,1-5H3. The van der Waals surface area contributed by atoms with Crippen molar-refractivity contribution in [3.05, 3.63) is 129 Å². The van der Waals surface area contributed by atoms with Gasteiger partial charge in [-0.3, -0.25) is 0 Å². The Morgan fingerprint density at radius 1 is 0.526 bits per heavy atom. The minimum Gasteiger partial charge on any atom is -0.497 e. The lowest BCUT2D eigenvalue weighted by molar-refractivity contribution is 0.414. The molecular formula is C35H36O3. The lowest BCUT2D eigenvalue weighted by Crippen LogP contribution is -2.08. The first-order chi connectivity index (χ1) is 18.5. The maximum Gasteiger partial charge on any atom is 0.118 e. The van der Waals surface area contributed by atoms with E-state index in [0.717, 1.165) is 36.5 Å². The molecule has 1 aliphatic rings. The van der Waals surface area contributed by atoms with E-state index >= 15 is 0 Å². The molecule has 0 saturated heterocycles. The van der Waals surface area contributed by atoms with Crippen LogP contribution in [0.25, 0.3) is 5.57 Å². The molecule has 4 aromatic carbocycles. The summed E-state index contributed by atoms with van der Waals surface area (Å²) in [5, 5.41) is 0.